The van der Waals surface area contributed by atoms with Crippen molar-refractivity contribution in [3.05, 3.63) is 40.0 Å². The first-order valence-electron chi connectivity index (χ1n) is 5.44. The Morgan fingerprint density at radius 3 is 2.44 bits per heavy atom. The molecule has 1 aromatic heterocycles. The van der Waals surface area contributed by atoms with Gasteiger partial charge in [-0.25, -0.2) is 15.8 Å². The predicted molar refractivity (Wildman–Crippen MR) is 74.7 cm³/mol. The van der Waals surface area contributed by atoms with Crippen LogP contribution in [0.5, 0.6) is 0 Å². The number of hydrazine groups is 1. The Labute approximate surface area is 115 Å². The van der Waals surface area contributed by atoms with Crippen LogP contribution in [0.4, 0.5) is 5.82 Å². The Kier molecular flexibility index (Phi) is 4.01. The van der Waals surface area contributed by atoms with Crippen LogP contribution in [0, 0.1) is 0 Å². The monoisotopic (exact) mass is 282 g/mol. The van der Waals surface area contributed by atoms with E-state index in [9.17, 15) is 0 Å². The molecular weight excluding hydrogens is 271 g/mol. The molecule has 0 unspecified atom stereocenters. The number of nitrogens with two attached hydrogens (primary N) is 1. The van der Waals surface area contributed by atoms with Crippen LogP contribution in [0.2, 0.25) is 10.0 Å². The van der Waals surface area contributed by atoms with Crippen molar-refractivity contribution in [2.24, 2.45) is 5.84 Å². The first-order chi connectivity index (χ1) is 8.65. The molecule has 0 bridgehead atoms. The molecule has 0 saturated carbocycles. The van der Waals surface area contributed by atoms with Crippen LogP contribution in [0.3, 0.4) is 0 Å². The largest absolute Gasteiger partial charge is 0.308 e. The van der Waals surface area contributed by atoms with Gasteiger partial charge in [0, 0.05) is 11.8 Å². The Morgan fingerprint density at radius 2 is 1.89 bits per heavy atom. The summed E-state index contributed by atoms with van der Waals surface area (Å²) in [5.74, 6) is 6.40. The number of hydrogen-bond acceptors (Lipinski definition) is 4. The zero-order chi connectivity index (χ0) is 13.1. The minimum Gasteiger partial charge on any atom is -0.308 e. The highest BCUT2D eigenvalue weighted by Crippen LogP contribution is 2.32. The number of nitrogen functional groups attached to an aromatic ring is 1. The molecule has 0 aliphatic carbocycles. The molecule has 3 N–H and O–H groups in total. The molecule has 2 aromatic rings. The maximum atomic E-state index is 6.14. The molecular formula is C12H12Cl2N4. The van der Waals surface area contributed by atoms with Gasteiger partial charge in [0.1, 0.15) is 5.82 Å². The van der Waals surface area contributed by atoms with Gasteiger partial charge in [-0.05, 0) is 18.6 Å². The topological polar surface area (TPSA) is 63.8 Å². The van der Waals surface area contributed by atoms with Crippen molar-refractivity contribution in [2.75, 3.05) is 5.43 Å². The fourth-order valence-corrected chi connectivity index (χ4v) is 2.14. The zero-order valence-corrected chi connectivity index (χ0v) is 11.3. The van der Waals surface area contributed by atoms with Crippen molar-refractivity contribution in [2.45, 2.75) is 13.3 Å². The van der Waals surface area contributed by atoms with Crippen LogP contribution < -0.4 is 11.3 Å². The van der Waals surface area contributed by atoms with Crippen molar-refractivity contribution in [1.82, 2.24) is 9.97 Å². The van der Waals surface area contributed by atoms with Gasteiger partial charge < -0.3 is 5.43 Å². The summed E-state index contributed by atoms with van der Waals surface area (Å²) in [7, 11) is 0. The molecule has 0 aliphatic heterocycles. The first-order valence-corrected chi connectivity index (χ1v) is 6.20. The number of aromatic nitrogens is 2. The van der Waals surface area contributed by atoms with E-state index in [4.69, 9.17) is 29.0 Å². The Balaban J connectivity index is 2.63. The number of rotatable bonds is 3. The third-order valence-electron chi connectivity index (χ3n) is 2.48. The van der Waals surface area contributed by atoms with Gasteiger partial charge in [-0.2, -0.15) is 0 Å². The molecule has 1 aromatic carbocycles. The summed E-state index contributed by atoms with van der Waals surface area (Å²) < 4.78 is 0. The first kappa shape index (κ1) is 13.1. The van der Waals surface area contributed by atoms with Crippen molar-refractivity contribution < 1.29 is 0 Å². The molecule has 0 radical (unpaired) electrons. The van der Waals surface area contributed by atoms with E-state index in [-0.39, 0.29) is 0 Å². The van der Waals surface area contributed by atoms with Gasteiger partial charge in [-0.15, -0.1) is 0 Å². The lowest BCUT2D eigenvalue weighted by atomic mass is 10.2. The highest BCUT2D eigenvalue weighted by molar-refractivity contribution is 6.38. The van der Waals surface area contributed by atoms with Crippen molar-refractivity contribution in [3.8, 4) is 11.4 Å². The van der Waals surface area contributed by atoms with E-state index in [1.54, 1.807) is 24.3 Å². The van der Waals surface area contributed by atoms with Crippen LogP contribution in [0.15, 0.2) is 24.3 Å². The number of hydrogen-bond donors (Lipinski definition) is 2. The third kappa shape index (κ3) is 2.56. The van der Waals surface area contributed by atoms with E-state index in [2.05, 4.69) is 15.4 Å². The molecule has 0 saturated heterocycles. The second kappa shape index (κ2) is 5.52. The Hall–Kier alpha value is -1.36. The van der Waals surface area contributed by atoms with Crippen molar-refractivity contribution >= 4 is 29.0 Å². The van der Waals surface area contributed by atoms with Crippen LogP contribution in [-0.4, -0.2) is 9.97 Å². The van der Waals surface area contributed by atoms with Crippen LogP contribution in [0.1, 0.15) is 12.6 Å². The van der Waals surface area contributed by atoms with Crippen LogP contribution in [-0.2, 0) is 6.42 Å². The van der Waals surface area contributed by atoms with E-state index < -0.39 is 0 Å². The van der Waals surface area contributed by atoms with Crippen molar-refractivity contribution in [3.63, 3.8) is 0 Å². The van der Waals surface area contributed by atoms with E-state index in [1.807, 2.05) is 6.92 Å². The minimum absolute atomic E-state index is 0.470. The molecule has 0 spiro atoms. The summed E-state index contributed by atoms with van der Waals surface area (Å²) in [5.41, 5.74) is 4.00. The molecule has 4 nitrogen and oxygen atoms in total. The Bertz CT molecular complexity index is 529. The van der Waals surface area contributed by atoms with E-state index in [1.165, 1.54) is 0 Å². The standard InChI is InChI=1S/C12H12Cl2N4/c1-2-7-6-10(18-15)17-12(16-7)11-8(13)4-3-5-9(11)14/h3-6H,2,15H2,1H3,(H,16,17,18). The smallest absolute Gasteiger partial charge is 0.164 e. The Morgan fingerprint density at radius 1 is 1.22 bits per heavy atom. The number of halogens is 2. The fourth-order valence-electron chi connectivity index (χ4n) is 1.58. The molecule has 94 valence electrons. The summed E-state index contributed by atoms with van der Waals surface area (Å²) in [6, 6.07) is 7.06. The normalized spacial score (nSPS) is 10.4. The molecule has 0 amide bonds. The van der Waals surface area contributed by atoms with Gasteiger partial charge >= 0.3 is 0 Å². The van der Waals surface area contributed by atoms with Gasteiger partial charge in [0.2, 0.25) is 0 Å². The highest BCUT2D eigenvalue weighted by atomic mass is 35.5. The summed E-state index contributed by atoms with van der Waals surface area (Å²) in [6.45, 7) is 2.00. The van der Waals surface area contributed by atoms with Crippen LogP contribution in [0.25, 0.3) is 11.4 Å². The van der Waals surface area contributed by atoms with Crippen molar-refractivity contribution in [1.29, 1.82) is 0 Å². The zero-order valence-electron chi connectivity index (χ0n) is 9.74. The predicted octanol–water partition coefficient (Wildman–Crippen LogP) is 3.30. The average molecular weight is 283 g/mol. The molecule has 2 rings (SSSR count). The van der Waals surface area contributed by atoms with E-state index in [0.717, 1.165) is 12.1 Å². The maximum Gasteiger partial charge on any atom is 0.164 e. The number of nitrogens with zero attached hydrogens (tertiary/aromatic N) is 2. The van der Waals surface area contributed by atoms with Gasteiger partial charge in [-0.3, -0.25) is 0 Å². The lowest BCUT2D eigenvalue weighted by molar-refractivity contribution is 1.00. The summed E-state index contributed by atoms with van der Waals surface area (Å²) in [5, 5.41) is 1.03. The minimum atomic E-state index is 0.470. The van der Waals surface area contributed by atoms with Gasteiger partial charge in [0.15, 0.2) is 5.82 Å². The lowest BCUT2D eigenvalue weighted by Crippen LogP contribution is -2.10. The summed E-state index contributed by atoms with van der Waals surface area (Å²) in [4.78, 5) is 8.69. The second-order valence-corrected chi connectivity index (χ2v) is 4.48. The average Bonchev–Trinajstić information content (AvgIpc) is 2.38. The number of nitrogens with one attached hydrogen (secondary N) is 1. The summed E-state index contributed by atoms with van der Waals surface area (Å²) >= 11 is 12.3. The second-order valence-electron chi connectivity index (χ2n) is 3.66. The van der Waals surface area contributed by atoms with Gasteiger partial charge in [-0.1, -0.05) is 36.2 Å². The van der Waals surface area contributed by atoms with Gasteiger partial charge in [0.25, 0.3) is 0 Å². The molecule has 18 heavy (non-hydrogen) atoms. The number of aryl methyl sites for hydroxylation is 1. The SMILES string of the molecule is CCc1cc(NN)nc(-c2c(Cl)cccc2Cl)n1. The number of benzene rings is 1. The molecule has 0 aliphatic rings. The fraction of sp³-hybridized carbons (Fsp3) is 0.167. The van der Waals surface area contributed by atoms with Gasteiger partial charge in [0.05, 0.1) is 15.6 Å². The van der Waals surface area contributed by atoms with Crippen LogP contribution >= 0.6 is 23.2 Å². The van der Waals surface area contributed by atoms with E-state index in [0.29, 0.717) is 27.3 Å². The molecule has 0 atom stereocenters. The molecule has 6 heteroatoms. The number of anilines is 1. The lowest BCUT2D eigenvalue weighted by Gasteiger charge is -2.09. The molecule has 1 heterocycles. The van der Waals surface area contributed by atoms with E-state index >= 15 is 0 Å². The molecule has 0 fully saturated rings. The third-order valence-corrected chi connectivity index (χ3v) is 3.11. The maximum absolute atomic E-state index is 6.14. The highest BCUT2D eigenvalue weighted by Gasteiger charge is 2.12. The summed E-state index contributed by atoms with van der Waals surface area (Å²) in [6.07, 6.45) is 0.770. The quantitative estimate of drug-likeness (QED) is 0.670.